The fourth-order valence-corrected chi connectivity index (χ4v) is 1.31. The molecule has 0 radical (unpaired) electrons. The average molecular weight is 242 g/mol. The second-order valence-electron chi connectivity index (χ2n) is 3.09. The van der Waals surface area contributed by atoms with Gasteiger partial charge in [-0.1, -0.05) is 12.1 Å². The monoisotopic (exact) mass is 242 g/mol. The predicted octanol–water partition coefficient (Wildman–Crippen LogP) is 1.49. The first-order valence-corrected chi connectivity index (χ1v) is 4.44. The lowest BCUT2D eigenvalue weighted by molar-refractivity contribution is -0.146. The standard InChI is InChI=1S/C9H5F3N4O/c10-9(11,12)8-13-14-15-16(8)7-4-2-1-3-6(7)5-17/h1-5H. The summed E-state index contributed by atoms with van der Waals surface area (Å²) in [5.41, 5.74) is 0.0603. The number of rotatable bonds is 2. The van der Waals surface area contributed by atoms with Crippen LogP contribution < -0.4 is 0 Å². The van der Waals surface area contributed by atoms with Crippen LogP contribution in [0.4, 0.5) is 13.2 Å². The van der Waals surface area contributed by atoms with Gasteiger partial charge in [0.15, 0.2) is 6.29 Å². The highest BCUT2D eigenvalue weighted by Gasteiger charge is 2.38. The average Bonchev–Trinajstić information content (AvgIpc) is 2.77. The molecule has 2 aromatic rings. The van der Waals surface area contributed by atoms with Gasteiger partial charge in [0.05, 0.1) is 5.69 Å². The SMILES string of the molecule is O=Cc1ccccc1-n1nnnc1C(F)(F)F. The highest BCUT2D eigenvalue weighted by Crippen LogP contribution is 2.28. The van der Waals surface area contributed by atoms with Gasteiger partial charge in [-0.2, -0.15) is 17.9 Å². The van der Waals surface area contributed by atoms with Crippen molar-refractivity contribution in [3.8, 4) is 5.69 Å². The number of aromatic nitrogens is 4. The van der Waals surface area contributed by atoms with Crippen LogP contribution in [0.3, 0.4) is 0 Å². The number of carbonyl (C=O) groups is 1. The van der Waals surface area contributed by atoms with Crippen LogP contribution in [0.25, 0.3) is 5.69 Å². The number of aldehydes is 1. The molecule has 88 valence electrons. The molecular weight excluding hydrogens is 237 g/mol. The summed E-state index contributed by atoms with van der Waals surface area (Å²) in [6.07, 6.45) is -4.24. The Balaban J connectivity index is 2.62. The lowest BCUT2D eigenvalue weighted by Crippen LogP contribution is -2.15. The first kappa shape index (κ1) is 11.2. The minimum Gasteiger partial charge on any atom is -0.298 e. The van der Waals surface area contributed by atoms with Gasteiger partial charge >= 0.3 is 6.18 Å². The summed E-state index contributed by atoms with van der Waals surface area (Å²) in [6.45, 7) is 0. The molecule has 2 rings (SSSR count). The highest BCUT2D eigenvalue weighted by atomic mass is 19.4. The normalized spacial score (nSPS) is 11.5. The van der Waals surface area contributed by atoms with Gasteiger partial charge in [0, 0.05) is 5.56 Å². The van der Waals surface area contributed by atoms with Crippen molar-refractivity contribution < 1.29 is 18.0 Å². The number of carbonyl (C=O) groups excluding carboxylic acids is 1. The maximum absolute atomic E-state index is 12.6. The molecule has 0 amide bonds. The Morgan fingerprint density at radius 3 is 2.59 bits per heavy atom. The van der Waals surface area contributed by atoms with Crippen molar-refractivity contribution in [2.75, 3.05) is 0 Å². The van der Waals surface area contributed by atoms with Gasteiger partial charge in [-0.15, -0.1) is 5.10 Å². The number of benzene rings is 1. The molecule has 0 fully saturated rings. The quantitative estimate of drug-likeness (QED) is 0.748. The fraction of sp³-hybridized carbons (Fsp3) is 0.111. The van der Waals surface area contributed by atoms with Crippen LogP contribution in [0.5, 0.6) is 0 Å². The molecule has 0 bridgehead atoms. The van der Waals surface area contributed by atoms with Crippen molar-refractivity contribution in [1.82, 2.24) is 20.2 Å². The van der Waals surface area contributed by atoms with Crippen molar-refractivity contribution in [2.45, 2.75) is 6.18 Å². The van der Waals surface area contributed by atoms with Crippen LogP contribution in [0.2, 0.25) is 0 Å². The summed E-state index contributed by atoms with van der Waals surface area (Å²) < 4.78 is 38.1. The number of hydrogen-bond donors (Lipinski definition) is 0. The summed E-state index contributed by atoms with van der Waals surface area (Å²) in [7, 11) is 0. The zero-order valence-electron chi connectivity index (χ0n) is 8.22. The molecule has 0 N–H and O–H groups in total. The zero-order chi connectivity index (χ0) is 12.5. The Kier molecular flexibility index (Phi) is 2.62. The zero-order valence-corrected chi connectivity index (χ0v) is 8.22. The second kappa shape index (κ2) is 3.96. The summed E-state index contributed by atoms with van der Waals surface area (Å²) in [5.74, 6) is -1.27. The molecule has 1 aromatic carbocycles. The second-order valence-corrected chi connectivity index (χ2v) is 3.09. The maximum atomic E-state index is 12.6. The summed E-state index contributed by atoms with van der Waals surface area (Å²) >= 11 is 0. The van der Waals surface area contributed by atoms with Gasteiger partial charge in [-0.3, -0.25) is 4.79 Å². The maximum Gasteiger partial charge on any atom is 0.453 e. The Morgan fingerprint density at radius 1 is 1.24 bits per heavy atom. The number of hydrogen-bond acceptors (Lipinski definition) is 4. The third kappa shape index (κ3) is 2.01. The predicted molar refractivity (Wildman–Crippen MR) is 49.5 cm³/mol. The highest BCUT2D eigenvalue weighted by molar-refractivity contribution is 5.80. The van der Waals surface area contributed by atoms with Crippen LogP contribution in [-0.2, 0) is 6.18 Å². The smallest absolute Gasteiger partial charge is 0.298 e. The minimum atomic E-state index is -4.68. The van der Waals surface area contributed by atoms with Crippen LogP contribution in [-0.4, -0.2) is 26.5 Å². The molecule has 0 spiro atoms. The van der Waals surface area contributed by atoms with Gasteiger partial charge in [0.2, 0.25) is 0 Å². The van der Waals surface area contributed by atoms with Crippen molar-refractivity contribution in [3.05, 3.63) is 35.7 Å². The van der Waals surface area contributed by atoms with Crippen molar-refractivity contribution in [3.63, 3.8) is 0 Å². The number of para-hydroxylation sites is 1. The molecule has 0 unspecified atom stereocenters. The summed E-state index contributed by atoms with van der Waals surface area (Å²) in [6, 6.07) is 5.73. The van der Waals surface area contributed by atoms with E-state index in [0.29, 0.717) is 11.0 Å². The Bertz CT molecular complexity index is 549. The molecule has 1 aromatic heterocycles. The van der Waals surface area contributed by atoms with Gasteiger partial charge in [-0.05, 0) is 22.6 Å². The Labute approximate surface area is 92.9 Å². The fourth-order valence-electron chi connectivity index (χ4n) is 1.31. The molecule has 1 heterocycles. The molecule has 0 saturated carbocycles. The minimum absolute atomic E-state index is 0.0141. The van der Waals surface area contributed by atoms with Gasteiger partial charge in [-0.25, -0.2) is 0 Å². The summed E-state index contributed by atoms with van der Waals surface area (Å²) in [5, 5.41) is 9.11. The van der Waals surface area contributed by atoms with Crippen LogP contribution in [0, 0.1) is 0 Å². The van der Waals surface area contributed by atoms with E-state index in [1.165, 1.54) is 24.3 Å². The van der Waals surface area contributed by atoms with E-state index in [4.69, 9.17) is 0 Å². The van der Waals surface area contributed by atoms with Crippen molar-refractivity contribution in [2.24, 2.45) is 0 Å². The lowest BCUT2D eigenvalue weighted by Gasteiger charge is -2.08. The molecule has 0 aliphatic carbocycles. The first-order chi connectivity index (χ1) is 8.04. The number of alkyl halides is 3. The lowest BCUT2D eigenvalue weighted by atomic mass is 10.2. The van der Waals surface area contributed by atoms with Gasteiger partial charge in [0.25, 0.3) is 5.82 Å². The molecule has 0 aliphatic rings. The third-order valence-electron chi connectivity index (χ3n) is 2.01. The van der Waals surface area contributed by atoms with Gasteiger partial charge in [0.1, 0.15) is 0 Å². The molecule has 8 heteroatoms. The van der Waals surface area contributed by atoms with E-state index >= 15 is 0 Å². The first-order valence-electron chi connectivity index (χ1n) is 4.44. The van der Waals surface area contributed by atoms with E-state index in [0.717, 1.165) is 0 Å². The van der Waals surface area contributed by atoms with E-state index in [2.05, 4.69) is 15.5 Å². The van der Waals surface area contributed by atoms with Gasteiger partial charge < -0.3 is 0 Å². The third-order valence-corrected chi connectivity index (χ3v) is 2.01. The van der Waals surface area contributed by atoms with E-state index in [-0.39, 0.29) is 11.3 Å². The number of tetrazole rings is 1. The molecule has 0 aliphatic heterocycles. The topological polar surface area (TPSA) is 60.7 Å². The number of halogens is 3. The molecule has 0 atom stereocenters. The van der Waals surface area contributed by atoms with Crippen LogP contribution >= 0.6 is 0 Å². The van der Waals surface area contributed by atoms with E-state index < -0.39 is 12.0 Å². The van der Waals surface area contributed by atoms with Crippen molar-refractivity contribution >= 4 is 6.29 Å². The molecule has 0 saturated heterocycles. The molecular formula is C9H5F3N4O. The summed E-state index contributed by atoms with van der Waals surface area (Å²) in [4.78, 5) is 10.7. The van der Waals surface area contributed by atoms with Crippen molar-refractivity contribution in [1.29, 1.82) is 0 Å². The molecule has 17 heavy (non-hydrogen) atoms. The van der Waals surface area contributed by atoms with Crippen LogP contribution in [0.1, 0.15) is 16.2 Å². The number of nitrogens with zero attached hydrogens (tertiary/aromatic N) is 4. The van der Waals surface area contributed by atoms with E-state index in [1.807, 2.05) is 0 Å². The largest absolute Gasteiger partial charge is 0.453 e. The van der Waals surface area contributed by atoms with E-state index in [1.54, 1.807) is 0 Å². The molecule has 5 nitrogen and oxygen atoms in total. The Hall–Kier alpha value is -2.25. The van der Waals surface area contributed by atoms with E-state index in [9.17, 15) is 18.0 Å². The van der Waals surface area contributed by atoms with Crippen LogP contribution in [0.15, 0.2) is 24.3 Å². The Morgan fingerprint density at radius 2 is 1.94 bits per heavy atom.